The first-order chi connectivity index (χ1) is 7.74. The summed E-state index contributed by atoms with van der Waals surface area (Å²) in [7, 11) is 1.66. The van der Waals surface area contributed by atoms with Crippen LogP contribution in [0.1, 0.15) is 18.7 Å². The Morgan fingerprint density at radius 1 is 1.56 bits per heavy atom. The highest BCUT2D eigenvalue weighted by atomic mass is 79.9. The minimum Gasteiger partial charge on any atom is -0.375 e. The van der Waals surface area contributed by atoms with Gasteiger partial charge in [-0.15, -0.1) is 0 Å². The van der Waals surface area contributed by atoms with Gasteiger partial charge in [0, 0.05) is 19.4 Å². The van der Waals surface area contributed by atoms with Gasteiger partial charge in [-0.25, -0.2) is 9.67 Å². The molecule has 0 aliphatic rings. The smallest absolute Gasteiger partial charge is 0.168 e. The Morgan fingerprint density at radius 3 is 3.06 bits per heavy atom. The van der Waals surface area contributed by atoms with E-state index in [-0.39, 0.29) is 6.10 Å². The van der Waals surface area contributed by atoms with Crippen molar-refractivity contribution < 1.29 is 4.74 Å². The SMILES string of the molecule is COC(C)c1[c]cnn1-c1ncccc1Br. The summed E-state index contributed by atoms with van der Waals surface area (Å²) < 4.78 is 7.87. The predicted molar refractivity (Wildman–Crippen MR) is 63.3 cm³/mol. The lowest BCUT2D eigenvalue weighted by molar-refractivity contribution is 0.113. The van der Waals surface area contributed by atoms with Crippen molar-refractivity contribution in [1.82, 2.24) is 14.8 Å². The molecule has 0 amide bonds. The second-order valence-corrected chi connectivity index (χ2v) is 4.13. The van der Waals surface area contributed by atoms with Gasteiger partial charge in [0.15, 0.2) is 5.82 Å². The average molecular weight is 281 g/mol. The van der Waals surface area contributed by atoms with Crippen molar-refractivity contribution in [2.75, 3.05) is 7.11 Å². The molecule has 0 bridgehead atoms. The highest BCUT2D eigenvalue weighted by molar-refractivity contribution is 9.10. The molecule has 0 saturated carbocycles. The number of ether oxygens (including phenoxy) is 1. The molecule has 83 valence electrons. The molecule has 16 heavy (non-hydrogen) atoms. The van der Waals surface area contributed by atoms with Gasteiger partial charge in [-0.3, -0.25) is 0 Å². The van der Waals surface area contributed by atoms with Crippen molar-refractivity contribution in [3.63, 3.8) is 0 Å². The minimum atomic E-state index is -0.0728. The Hall–Kier alpha value is -1.20. The standard InChI is InChI=1S/C11H11BrN3O/c1-8(16-2)10-5-7-14-15(10)11-9(12)4-3-6-13-11/h3-4,6-8H,1-2H3. The normalized spacial score (nSPS) is 12.7. The van der Waals surface area contributed by atoms with Crippen molar-refractivity contribution >= 4 is 15.9 Å². The molecule has 1 atom stereocenters. The molecular formula is C11H11BrN3O. The van der Waals surface area contributed by atoms with Gasteiger partial charge in [0.2, 0.25) is 0 Å². The van der Waals surface area contributed by atoms with Crippen LogP contribution in [0, 0.1) is 6.07 Å². The molecule has 2 aromatic heterocycles. The van der Waals surface area contributed by atoms with Crippen LogP contribution in [0.5, 0.6) is 0 Å². The molecule has 0 saturated heterocycles. The maximum absolute atomic E-state index is 5.26. The van der Waals surface area contributed by atoms with Crippen LogP contribution in [-0.2, 0) is 4.74 Å². The number of hydrogen-bond acceptors (Lipinski definition) is 3. The fourth-order valence-electron chi connectivity index (χ4n) is 1.38. The molecule has 1 radical (unpaired) electrons. The molecule has 0 aliphatic heterocycles. The van der Waals surface area contributed by atoms with Crippen LogP contribution in [-0.4, -0.2) is 21.9 Å². The Labute approximate surface area is 102 Å². The molecule has 0 aliphatic carbocycles. The van der Waals surface area contributed by atoms with E-state index in [9.17, 15) is 0 Å². The van der Waals surface area contributed by atoms with E-state index in [2.05, 4.69) is 32.1 Å². The maximum atomic E-state index is 5.26. The maximum Gasteiger partial charge on any atom is 0.168 e. The third-order valence-electron chi connectivity index (χ3n) is 2.29. The van der Waals surface area contributed by atoms with Gasteiger partial charge in [0.05, 0.1) is 22.5 Å². The zero-order valence-corrected chi connectivity index (χ0v) is 10.6. The van der Waals surface area contributed by atoms with Gasteiger partial charge in [0.25, 0.3) is 0 Å². The lowest BCUT2D eigenvalue weighted by Crippen LogP contribution is -2.08. The Kier molecular flexibility index (Phi) is 3.36. The summed E-state index contributed by atoms with van der Waals surface area (Å²) in [5.74, 6) is 0.739. The van der Waals surface area contributed by atoms with Gasteiger partial charge in [0.1, 0.15) is 0 Å². The van der Waals surface area contributed by atoms with Crippen molar-refractivity contribution in [3.05, 3.63) is 40.8 Å². The Balaban J connectivity index is 2.49. The topological polar surface area (TPSA) is 39.9 Å². The van der Waals surface area contributed by atoms with Crippen molar-refractivity contribution in [2.45, 2.75) is 13.0 Å². The van der Waals surface area contributed by atoms with Crippen LogP contribution in [0.2, 0.25) is 0 Å². The van der Waals surface area contributed by atoms with Crippen LogP contribution in [0.15, 0.2) is 29.0 Å². The van der Waals surface area contributed by atoms with E-state index in [1.165, 1.54) is 0 Å². The lowest BCUT2D eigenvalue weighted by atomic mass is 10.3. The lowest BCUT2D eigenvalue weighted by Gasteiger charge is -2.12. The van der Waals surface area contributed by atoms with Crippen LogP contribution < -0.4 is 0 Å². The number of rotatable bonds is 3. The van der Waals surface area contributed by atoms with Crippen molar-refractivity contribution in [1.29, 1.82) is 0 Å². The fraction of sp³-hybridized carbons (Fsp3) is 0.273. The first-order valence-electron chi connectivity index (χ1n) is 4.83. The van der Waals surface area contributed by atoms with Crippen molar-refractivity contribution in [2.24, 2.45) is 0 Å². The van der Waals surface area contributed by atoms with E-state index >= 15 is 0 Å². The predicted octanol–water partition coefficient (Wildman–Crippen LogP) is 2.54. The molecule has 5 heteroatoms. The summed E-state index contributed by atoms with van der Waals surface area (Å²) in [5.41, 5.74) is 0.849. The number of halogens is 1. The molecule has 0 N–H and O–H groups in total. The van der Waals surface area contributed by atoms with Gasteiger partial charge in [-0.2, -0.15) is 5.10 Å². The van der Waals surface area contributed by atoms with Crippen molar-refractivity contribution in [3.8, 4) is 5.82 Å². The van der Waals surface area contributed by atoms with E-state index in [1.54, 1.807) is 24.2 Å². The average Bonchev–Trinajstić information content (AvgIpc) is 2.77. The summed E-state index contributed by atoms with van der Waals surface area (Å²) in [6.45, 7) is 1.95. The molecule has 2 aromatic rings. The van der Waals surface area contributed by atoms with E-state index in [0.717, 1.165) is 16.0 Å². The highest BCUT2D eigenvalue weighted by Crippen LogP contribution is 2.22. The van der Waals surface area contributed by atoms with Crippen LogP contribution in [0.25, 0.3) is 5.82 Å². The molecule has 4 nitrogen and oxygen atoms in total. The number of methoxy groups -OCH3 is 1. The van der Waals surface area contributed by atoms with Gasteiger partial charge >= 0.3 is 0 Å². The minimum absolute atomic E-state index is 0.0728. The fourth-order valence-corrected chi connectivity index (χ4v) is 1.80. The Morgan fingerprint density at radius 2 is 2.38 bits per heavy atom. The molecule has 2 rings (SSSR count). The molecular weight excluding hydrogens is 270 g/mol. The molecule has 0 spiro atoms. The monoisotopic (exact) mass is 280 g/mol. The highest BCUT2D eigenvalue weighted by Gasteiger charge is 2.14. The molecule has 1 unspecified atom stereocenters. The summed E-state index contributed by atoms with van der Waals surface area (Å²) >= 11 is 3.44. The number of hydrogen-bond donors (Lipinski definition) is 0. The van der Waals surface area contributed by atoms with Gasteiger partial charge in [-0.1, -0.05) is 0 Å². The second-order valence-electron chi connectivity index (χ2n) is 3.27. The van der Waals surface area contributed by atoms with Gasteiger partial charge in [-0.05, 0) is 35.0 Å². The quantitative estimate of drug-likeness (QED) is 0.868. The molecule has 0 fully saturated rings. The zero-order valence-electron chi connectivity index (χ0n) is 9.01. The third kappa shape index (κ3) is 2.01. The summed E-state index contributed by atoms with van der Waals surface area (Å²) in [5, 5.41) is 4.20. The third-order valence-corrected chi connectivity index (χ3v) is 2.91. The van der Waals surface area contributed by atoms with Crippen LogP contribution >= 0.6 is 15.9 Å². The molecule has 0 aromatic carbocycles. The van der Waals surface area contributed by atoms with E-state index < -0.39 is 0 Å². The van der Waals surface area contributed by atoms with E-state index in [4.69, 9.17) is 4.74 Å². The van der Waals surface area contributed by atoms with Crippen LogP contribution in [0.4, 0.5) is 0 Å². The molecule has 2 heterocycles. The van der Waals surface area contributed by atoms with Gasteiger partial charge < -0.3 is 4.74 Å². The summed E-state index contributed by atoms with van der Waals surface area (Å²) in [4.78, 5) is 4.28. The first-order valence-corrected chi connectivity index (χ1v) is 5.62. The van der Waals surface area contributed by atoms with E-state index in [1.807, 2.05) is 19.1 Å². The first kappa shape index (κ1) is 11.3. The Bertz CT molecular complexity index is 484. The van der Waals surface area contributed by atoms with E-state index in [0.29, 0.717) is 0 Å². The number of nitrogens with zero attached hydrogens (tertiary/aromatic N) is 3. The summed E-state index contributed by atoms with van der Waals surface area (Å²) in [6.07, 6.45) is 3.27. The van der Waals surface area contributed by atoms with Crippen LogP contribution in [0.3, 0.4) is 0 Å². The second kappa shape index (κ2) is 4.76. The summed E-state index contributed by atoms with van der Waals surface area (Å²) in [6, 6.07) is 6.83. The number of pyridine rings is 1. The largest absolute Gasteiger partial charge is 0.375 e. The zero-order chi connectivity index (χ0) is 11.5. The number of aromatic nitrogens is 3.